The number of benzene rings is 10. The molecule has 1 heteroatoms. The highest BCUT2D eigenvalue weighted by atomic mass is 15.1. The fraction of sp³-hybridized carbons (Fsp3) is 0.0968. The van der Waals surface area contributed by atoms with Gasteiger partial charge in [-0.25, -0.2) is 0 Å². The predicted molar refractivity (Wildman–Crippen MR) is 268 cm³/mol. The van der Waals surface area contributed by atoms with Gasteiger partial charge in [0.25, 0.3) is 0 Å². The lowest BCUT2D eigenvalue weighted by atomic mass is 9.81. The average Bonchev–Trinajstić information content (AvgIpc) is 3.71. The van der Waals surface area contributed by atoms with E-state index >= 15 is 0 Å². The summed E-state index contributed by atoms with van der Waals surface area (Å²) in [5, 5.41) is 5.09. The number of hydrogen-bond donors (Lipinski definition) is 0. The minimum absolute atomic E-state index is 0.101. The molecule has 0 N–H and O–H groups in total. The predicted octanol–water partition coefficient (Wildman–Crippen LogP) is 17.1. The third-order valence-electron chi connectivity index (χ3n) is 14.3. The van der Waals surface area contributed by atoms with E-state index in [2.05, 4.69) is 245 Å². The molecule has 63 heavy (non-hydrogen) atoms. The van der Waals surface area contributed by atoms with Gasteiger partial charge in [-0.05, 0) is 125 Å². The molecule has 0 aromatic heterocycles. The molecular formula is C62H47N. The first-order valence-electron chi connectivity index (χ1n) is 22.3. The Balaban J connectivity index is 1.04. The summed E-state index contributed by atoms with van der Waals surface area (Å²) in [6.07, 6.45) is 0. The summed E-state index contributed by atoms with van der Waals surface area (Å²) in [5.74, 6) is 0. The lowest BCUT2D eigenvalue weighted by molar-refractivity contribution is 0.660. The largest absolute Gasteiger partial charge is 0.309 e. The van der Waals surface area contributed by atoms with Gasteiger partial charge in [0.15, 0.2) is 0 Å². The molecule has 0 saturated carbocycles. The summed E-state index contributed by atoms with van der Waals surface area (Å²) < 4.78 is 0. The van der Waals surface area contributed by atoms with E-state index in [1.807, 2.05) is 0 Å². The number of nitrogens with zero attached hydrogens (tertiary/aromatic N) is 1. The molecule has 1 nitrogen and oxygen atoms in total. The topological polar surface area (TPSA) is 3.24 Å². The van der Waals surface area contributed by atoms with Crippen LogP contribution in [0.1, 0.15) is 49.9 Å². The van der Waals surface area contributed by atoms with Gasteiger partial charge >= 0.3 is 0 Å². The normalized spacial score (nSPS) is 14.0. The summed E-state index contributed by atoms with van der Waals surface area (Å²) in [4.78, 5) is 2.50. The van der Waals surface area contributed by atoms with E-state index in [-0.39, 0.29) is 10.8 Å². The molecular weight excluding hydrogens is 759 g/mol. The average molecular weight is 806 g/mol. The van der Waals surface area contributed by atoms with Crippen molar-refractivity contribution in [3.05, 3.63) is 235 Å². The van der Waals surface area contributed by atoms with Gasteiger partial charge in [-0.1, -0.05) is 204 Å². The summed E-state index contributed by atoms with van der Waals surface area (Å²) >= 11 is 0. The van der Waals surface area contributed by atoms with Gasteiger partial charge in [0.05, 0.1) is 11.4 Å². The maximum atomic E-state index is 2.50. The van der Waals surface area contributed by atoms with Crippen molar-refractivity contribution in [3.8, 4) is 55.6 Å². The van der Waals surface area contributed by atoms with E-state index in [1.54, 1.807) is 0 Å². The highest BCUT2D eigenvalue weighted by Gasteiger charge is 2.38. The fourth-order valence-corrected chi connectivity index (χ4v) is 11.1. The minimum atomic E-state index is -0.105. The summed E-state index contributed by atoms with van der Waals surface area (Å²) in [7, 11) is 0. The van der Waals surface area contributed by atoms with Crippen LogP contribution < -0.4 is 4.90 Å². The van der Waals surface area contributed by atoms with Gasteiger partial charge in [-0.15, -0.1) is 0 Å². The molecule has 0 radical (unpaired) electrons. The monoisotopic (exact) mass is 805 g/mol. The fourth-order valence-electron chi connectivity index (χ4n) is 11.1. The van der Waals surface area contributed by atoms with E-state index < -0.39 is 0 Å². The smallest absolute Gasteiger partial charge is 0.0540 e. The van der Waals surface area contributed by atoms with Crippen molar-refractivity contribution in [2.24, 2.45) is 0 Å². The molecule has 12 rings (SSSR count). The maximum absolute atomic E-state index is 2.50. The molecule has 0 unspecified atom stereocenters. The summed E-state index contributed by atoms with van der Waals surface area (Å²) in [6, 6.07) is 79.2. The Kier molecular flexibility index (Phi) is 8.30. The first-order chi connectivity index (χ1) is 30.8. The Morgan fingerprint density at radius 3 is 1.62 bits per heavy atom. The van der Waals surface area contributed by atoms with Crippen molar-refractivity contribution in [1.82, 2.24) is 0 Å². The van der Waals surface area contributed by atoms with Crippen LogP contribution in [0.15, 0.2) is 212 Å². The summed E-state index contributed by atoms with van der Waals surface area (Å²) in [5.41, 5.74) is 21.3. The number of anilines is 3. The molecule has 10 aromatic rings. The van der Waals surface area contributed by atoms with Crippen molar-refractivity contribution in [2.45, 2.75) is 38.5 Å². The molecule has 0 saturated heterocycles. The molecule has 0 amide bonds. The zero-order valence-corrected chi connectivity index (χ0v) is 36.2. The quantitative estimate of drug-likeness (QED) is 0.151. The van der Waals surface area contributed by atoms with Crippen molar-refractivity contribution < 1.29 is 0 Å². The van der Waals surface area contributed by atoms with E-state index in [0.717, 1.165) is 17.1 Å². The Hall–Kier alpha value is -7.48. The van der Waals surface area contributed by atoms with Crippen LogP contribution in [0.25, 0.3) is 77.2 Å². The zero-order valence-electron chi connectivity index (χ0n) is 36.2. The first kappa shape index (κ1) is 37.3. The first-order valence-corrected chi connectivity index (χ1v) is 22.3. The standard InChI is InChI=1S/C62H47N/c1-61(2)55-24-12-8-21-53(55)60-52(22-15-25-56(60)61)51-20-10-14-27-59(51)63(45-34-30-40(31-35-45)42-32-36-47-43(38-42)29-28-41-16-5-6-17-46(41)47)58-26-13-9-18-48(58)44-33-37-50-49-19-7-11-23-54(49)62(3,4)57(50)39-44/h5-39H,1-4H3. The van der Waals surface area contributed by atoms with Crippen LogP contribution in [-0.4, -0.2) is 0 Å². The molecule has 0 atom stereocenters. The molecule has 2 aliphatic rings. The molecule has 0 fully saturated rings. The second-order valence-electron chi connectivity index (χ2n) is 18.5. The van der Waals surface area contributed by atoms with Crippen molar-refractivity contribution in [3.63, 3.8) is 0 Å². The van der Waals surface area contributed by atoms with Crippen molar-refractivity contribution >= 4 is 38.6 Å². The Morgan fingerprint density at radius 2 is 0.825 bits per heavy atom. The van der Waals surface area contributed by atoms with Crippen LogP contribution in [0.2, 0.25) is 0 Å². The lowest BCUT2D eigenvalue weighted by Crippen LogP contribution is -2.15. The molecule has 0 heterocycles. The van der Waals surface area contributed by atoms with Gasteiger partial charge in [-0.3, -0.25) is 0 Å². The maximum Gasteiger partial charge on any atom is 0.0540 e. The van der Waals surface area contributed by atoms with Crippen LogP contribution >= 0.6 is 0 Å². The molecule has 0 aliphatic heterocycles. The second kappa shape index (κ2) is 14.0. The molecule has 2 aliphatic carbocycles. The van der Waals surface area contributed by atoms with E-state index in [0.29, 0.717) is 0 Å². The van der Waals surface area contributed by atoms with Gasteiger partial charge in [-0.2, -0.15) is 0 Å². The van der Waals surface area contributed by atoms with Gasteiger partial charge < -0.3 is 4.90 Å². The van der Waals surface area contributed by atoms with E-state index in [9.17, 15) is 0 Å². The summed E-state index contributed by atoms with van der Waals surface area (Å²) in [6.45, 7) is 9.47. The third-order valence-corrected chi connectivity index (χ3v) is 14.3. The van der Waals surface area contributed by atoms with Gasteiger partial charge in [0, 0.05) is 27.6 Å². The SMILES string of the molecule is CC1(C)c2ccccc2-c2ccc(-c3ccccc3N(c3ccc(-c4ccc5c(ccc6ccccc65)c4)cc3)c3ccccc3-c3cccc4c3-c3ccccc3C4(C)C)cc21. The molecule has 0 spiro atoms. The van der Waals surface area contributed by atoms with Crippen LogP contribution in [0.5, 0.6) is 0 Å². The van der Waals surface area contributed by atoms with Crippen LogP contribution in [-0.2, 0) is 10.8 Å². The van der Waals surface area contributed by atoms with Crippen LogP contribution in [0.4, 0.5) is 17.1 Å². The van der Waals surface area contributed by atoms with Crippen molar-refractivity contribution in [1.29, 1.82) is 0 Å². The van der Waals surface area contributed by atoms with E-state index in [4.69, 9.17) is 0 Å². The molecule has 300 valence electrons. The molecule has 10 aromatic carbocycles. The minimum Gasteiger partial charge on any atom is -0.309 e. The lowest BCUT2D eigenvalue weighted by Gasteiger charge is -2.31. The highest BCUT2D eigenvalue weighted by Crippen LogP contribution is 2.55. The second-order valence-corrected chi connectivity index (χ2v) is 18.5. The van der Waals surface area contributed by atoms with Gasteiger partial charge in [0.1, 0.15) is 0 Å². The Labute approximate surface area is 370 Å². The number of rotatable bonds is 6. The number of fused-ring (bicyclic) bond motifs is 9. The third kappa shape index (κ3) is 5.69. The highest BCUT2D eigenvalue weighted by molar-refractivity contribution is 6.08. The zero-order chi connectivity index (χ0) is 42.5. The van der Waals surface area contributed by atoms with Crippen LogP contribution in [0, 0.1) is 0 Å². The van der Waals surface area contributed by atoms with Crippen LogP contribution in [0.3, 0.4) is 0 Å². The Morgan fingerprint density at radius 1 is 0.302 bits per heavy atom. The molecule has 0 bridgehead atoms. The van der Waals surface area contributed by atoms with E-state index in [1.165, 1.54) is 99.4 Å². The number of para-hydroxylation sites is 2. The number of hydrogen-bond acceptors (Lipinski definition) is 1. The van der Waals surface area contributed by atoms with Gasteiger partial charge in [0.2, 0.25) is 0 Å². The Bertz CT molecular complexity index is 3460. The van der Waals surface area contributed by atoms with Crippen molar-refractivity contribution in [2.75, 3.05) is 4.90 Å².